The van der Waals surface area contributed by atoms with Crippen molar-refractivity contribution >= 4 is 45.9 Å². The number of hydrogen-bond acceptors (Lipinski definition) is 7. The molecule has 126 valence electrons. The van der Waals surface area contributed by atoms with Gasteiger partial charge in [-0.15, -0.1) is 10.2 Å². The minimum absolute atomic E-state index is 0.0142. The van der Waals surface area contributed by atoms with Gasteiger partial charge in [-0.25, -0.2) is 0 Å². The molecule has 9 heteroatoms. The Morgan fingerprint density at radius 1 is 1.46 bits per heavy atom. The second-order valence-corrected chi connectivity index (χ2v) is 7.85. The Morgan fingerprint density at radius 3 is 2.88 bits per heavy atom. The first-order valence-corrected chi connectivity index (χ1v) is 9.47. The maximum Gasteiger partial charge on any atom is 0.279 e. The molecule has 0 radical (unpaired) electrons. The van der Waals surface area contributed by atoms with Gasteiger partial charge in [0.15, 0.2) is 9.51 Å². The number of nitrogens with two attached hydrogens (primary N) is 1. The number of amidine groups is 1. The van der Waals surface area contributed by atoms with Gasteiger partial charge in [0.25, 0.3) is 5.91 Å². The van der Waals surface area contributed by atoms with Crippen LogP contribution in [0.1, 0.15) is 24.2 Å². The van der Waals surface area contributed by atoms with E-state index in [0.29, 0.717) is 11.3 Å². The Bertz CT molecular complexity index is 745. The molecule has 2 aromatic rings. The van der Waals surface area contributed by atoms with Crippen LogP contribution in [0.2, 0.25) is 0 Å². The molecule has 0 saturated carbocycles. The first kappa shape index (κ1) is 18.5. The lowest BCUT2D eigenvalue weighted by atomic mass is 10.2. The summed E-state index contributed by atoms with van der Waals surface area (Å²) in [5.74, 6) is 0.156. The first-order chi connectivity index (χ1) is 11.5. The number of aliphatic imine (C=N–C) groups is 1. The van der Waals surface area contributed by atoms with E-state index in [9.17, 15) is 4.79 Å². The Kier molecular flexibility index (Phi) is 6.83. The van der Waals surface area contributed by atoms with Gasteiger partial charge in [0, 0.05) is 10.5 Å². The first-order valence-electron chi connectivity index (χ1n) is 6.89. The van der Waals surface area contributed by atoms with Crippen molar-refractivity contribution in [2.45, 2.75) is 29.2 Å². The van der Waals surface area contributed by atoms with E-state index in [4.69, 9.17) is 10.5 Å². The maximum atomic E-state index is 12.3. The molecule has 6 nitrogen and oxygen atoms in total. The molecule has 0 atom stereocenters. The molecule has 1 heterocycles. The predicted molar refractivity (Wildman–Crippen MR) is 100.0 cm³/mol. The zero-order chi connectivity index (χ0) is 17.5. The molecular weight excluding hydrogens is 364 g/mol. The van der Waals surface area contributed by atoms with E-state index >= 15 is 0 Å². The molecule has 0 bridgehead atoms. The number of thioether (sulfide) groups is 1. The summed E-state index contributed by atoms with van der Waals surface area (Å²) in [5.41, 5.74) is 7.71. The van der Waals surface area contributed by atoms with Gasteiger partial charge >= 0.3 is 0 Å². The van der Waals surface area contributed by atoms with Crippen molar-refractivity contribution in [1.82, 2.24) is 10.2 Å². The smallest absolute Gasteiger partial charge is 0.279 e. The number of hydrogen-bond donors (Lipinski definition) is 1. The molecule has 2 N–H and O–H groups in total. The van der Waals surface area contributed by atoms with Crippen molar-refractivity contribution in [3.8, 4) is 5.75 Å². The van der Waals surface area contributed by atoms with Gasteiger partial charge in [-0.1, -0.05) is 41.4 Å². The van der Waals surface area contributed by atoms with Crippen LogP contribution < -0.4 is 10.5 Å². The van der Waals surface area contributed by atoms with E-state index in [0.717, 1.165) is 21.0 Å². The second kappa shape index (κ2) is 8.86. The summed E-state index contributed by atoms with van der Waals surface area (Å²) in [6, 6.07) is 5.24. The van der Waals surface area contributed by atoms with E-state index in [1.807, 2.05) is 19.9 Å². The van der Waals surface area contributed by atoms with Crippen molar-refractivity contribution in [2.75, 3.05) is 0 Å². The number of rotatable bonds is 6. The number of carbonyl (C=O) groups excluding carboxylic acids is 1. The monoisotopic (exact) mass is 380 g/mol. The van der Waals surface area contributed by atoms with E-state index < -0.39 is 5.91 Å². The Labute approximate surface area is 152 Å². The van der Waals surface area contributed by atoms with Gasteiger partial charge < -0.3 is 10.5 Å². The summed E-state index contributed by atoms with van der Waals surface area (Å²) in [5, 5.41) is 9.46. The molecular formula is C15H16N4O2S3. The topological polar surface area (TPSA) is 90.5 Å². The van der Waals surface area contributed by atoms with Crippen LogP contribution in [-0.4, -0.2) is 27.4 Å². The maximum absolute atomic E-state index is 12.3. The number of nitrogens with zero attached hydrogens (tertiary/aromatic N) is 3. The highest BCUT2D eigenvalue weighted by Crippen LogP contribution is 2.32. The number of aromatic nitrogens is 2. The summed E-state index contributed by atoms with van der Waals surface area (Å²) in [7, 11) is 0. The van der Waals surface area contributed by atoms with Crippen molar-refractivity contribution in [2.24, 2.45) is 10.7 Å². The van der Waals surface area contributed by atoms with Crippen molar-refractivity contribution in [3.05, 3.63) is 41.3 Å². The Morgan fingerprint density at radius 2 is 2.25 bits per heavy atom. The Hall–Kier alpha value is -1.84. The third-order valence-corrected chi connectivity index (χ3v) is 4.71. The highest BCUT2D eigenvalue weighted by Gasteiger charge is 2.12. The average Bonchev–Trinajstić information content (AvgIpc) is 2.99. The van der Waals surface area contributed by atoms with Gasteiger partial charge in [-0.05, 0) is 37.5 Å². The molecule has 0 saturated heterocycles. The van der Waals surface area contributed by atoms with E-state index in [-0.39, 0.29) is 11.3 Å². The summed E-state index contributed by atoms with van der Waals surface area (Å²) < 4.78 is 6.50. The van der Waals surface area contributed by atoms with Crippen molar-refractivity contribution in [1.29, 1.82) is 0 Å². The molecule has 1 aromatic heterocycles. The van der Waals surface area contributed by atoms with Crippen molar-refractivity contribution in [3.63, 3.8) is 0 Å². The largest absolute Gasteiger partial charge is 0.491 e. The van der Waals surface area contributed by atoms with Crippen LogP contribution in [0.3, 0.4) is 0 Å². The van der Waals surface area contributed by atoms with Crippen molar-refractivity contribution < 1.29 is 9.53 Å². The van der Waals surface area contributed by atoms with Crippen LogP contribution in [0.15, 0.2) is 49.9 Å². The Balaban J connectivity index is 2.33. The molecule has 1 amide bonds. The average molecular weight is 381 g/mol. The van der Waals surface area contributed by atoms with Gasteiger partial charge in [-0.2, -0.15) is 4.99 Å². The summed E-state index contributed by atoms with van der Waals surface area (Å²) in [4.78, 5) is 17.0. The van der Waals surface area contributed by atoms with Crippen LogP contribution >= 0.6 is 34.9 Å². The lowest BCUT2D eigenvalue weighted by Gasteiger charge is -2.12. The number of carbonyl (C=O) groups is 1. The highest BCUT2D eigenvalue weighted by atomic mass is 32.2. The molecule has 0 aliphatic heterocycles. The summed E-state index contributed by atoms with van der Waals surface area (Å²) in [6.45, 7) is 7.38. The minimum atomic E-state index is -0.435. The molecule has 2 rings (SSSR count). The summed E-state index contributed by atoms with van der Waals surface area (Å²) in [6.07, 6.45) is -0.0142. The fraction of sp³-hybridized carbons (Fsp3) is 0.200. The number of benzene rings is 1. The normalized spacial score (nSPS) is 11.5. The molecule has 0 fully saturated rings. The summed E-state index contributed by atoms with van der Waals surface area (Å²) >= 11 is 3.92. The molecule has 0 aliphatic carbocycles. The van der Waals surface area contributed by atoms with E-state index in [2.05, 4.69) is 21.8 Å². The fourth-order valence-electron chi connectivity index (χ4n) is 1.68. The van der Waals surface area contributed by atoms with Crippen LogP contribution in [0.25, 0.3) is 0 Å². The minimum Gasteiger partial charge on any atom is -0.491 e. The fourth-order valence-corrected chi connectivity index (χ4v) is 3.52. The van der Waals surface area contributed by atoms with E-state index in [1.54, 1.807) is 17.6 Å². The van der Waals surface area contributed by atoms with E-state index in [1.165, 1.54) is 28.5 Å². The number of ether oxygens (including phenoxy) is 1. The highest BCUT2D eigenvalue weighted by molar-refractivity contribution is 8.16. The zero-order valence-electron chi connectivity index (χ0n) is 13.1. The van der Waals surface area contributed by atoms with Crippen LogP contribution in [-0.2, 0) is 0 Å². The third kappa shape index (κ3) is 5.66. The second-order valence-electron chi connectivity index (χ2n) is 4.71. The standard InChI is InChI=1S/C15H16N4O2S3/c1-4-22-14(16)18-13(20)10-5-11(21-9(2)3)7-12(6-10)24-15-19-17-8-23-15/h4-9H,1H2,2-3H3,(H2,16,18,20). The molecule has 0 aliphatic rings. The van der Waals surface area contributed by atoms with Crippen LogP contribution in [0, 0.1) is 0 Å². The van der Waals surface area contributed by atoms with Crippen LogP contribution in [0.4, 0.5) is 0 Å². The van der Waals surface area contributed by atoms with Gasteiger partial charge in [0.1, 0.15) is 11.3 Å². The molecule has 0 unspecified atom stereocenters. The molecule has 0 spiro atoms. The zero-order valence-corrected chi connectivity index (χ0v) is 15.6. The lowest BCUT2D eigenvalue weighted by molar-refractivity contribution is 0.100. The molecule has 1 aromatic carbocycles. The quantitative estimate of drug-likeness (QED) is 0.602. The number of amides is 1. The lowest BCUT2D eigenvalue weighted by Crippen LogP contribution is -2.10. The van der Waals surface area contributed by atoms with Gasteiger partial charge in [0.05, 0.1) is 6.10 Å². The predicted octanol–water partition coefficient (Wildman–Crippen LogP) is 3.81. The molecule has 24 heavy (non-hydrogen) atoms. The SMILES string of the molecule is C=CSC(N)=NC(=O)c1cc(OC(C)C)cc(Sc2nncs2)c1. The van der Waals surface area contributed by atoms with Gasteiger partial charge in [0.2, 0.25) is 0 Å². The van der Waals surface area contributed by atoms with Crippen LogP contribution in [0.5, 0.6) is 5.75 Å². The van der Waals surface area contributed by atoms with Gasteiger partial charge in [-0.3, -0.25) is 4.79 Å². The third-order valence-electron chi connectivity index (χ3n) is 2.46.